The minimum absolute atomic E-state index is 0.602. The van der Waals surface area contributed by atoms with Gasteiger partial charge in [-0.05, 0) is 19.7 Å². The lowest BCUT2D eigenvalue weighted by molar-refractivity contribution is 0.385. The monoisotopic (exact) mass is 221 g/mol. The number of likely N-dealkylation sites (N-methyl/N-ethyl adjacent to an activating group) is 1. The zero-order chi connectivity index (χ0) is 12.0. The van der Waals surface area contributed by atoms with Crippen molar-refractivity contribution in [2.24, 2.45) is 16.8 Å². The second-order valence-corrected chi connectivity index (χ2v) is 3.90. The Balaban J connectivity index is 2.60. The van der Waals surface area contributed by atoms with E-state index >= 15 is 0 Å². The normalized spacial score (nSPS) is 11.9. The van der Waals surface area contributed by atoms with E-state index in [0.717, 1.165) is 5.56 Å². The number of hydrazone groups is 1. The highest BCUT2D eigenvalue weighted by Crippen LogP contribution is 2.01. The number of amidine groups is 1. The summed E-state index contributed by atoms with van der Waals surface area (Å²) in [5.74, 6) is 11.9. The molecule has 5 heteroatoms. The molecule has 0 bridgehead atoms. The molecule has 0 unspecified atom stereocenters. The molecule has 1 rings (SSSR count). The van der Waals surface area contributed by atoms with Crippen molar-refractivity contribution in [3.8, 4) is 0 Å². The van der Waals surface area contributed by atoms with Crippen molar-refractivity contribution >= 4 is 5.84 Å². The van der Waals surface area contributed by atoms with Gasteiger partial charge >= 0.3 is 0 Å². The Morgan fingerprint density at radius 2 is 1.88 bits per heavy atom. The summed E-state index contributed by atoms with van der Waals surface area (Å²) < 4.78 is 0. The van der Waals surface area contributed by atoms with E-state index in [2.05, 4.69) is 5.10 Å². The van der Waals surface area contributed by atoms with Gasteiger partial charge < -0.3 is 10.7 Å². The third-order valence-corrected chi connectivity index (χ3v) is 2.13. The van der Waals surface area contributed by atoms with Crippen LogP contribution < -0.4 is 11.7 Å². The Bertz CT molecular complexity index is 333. The number of rotatable bonds is 4. The summed E-state index contributed by atoms with van der Waals surface area (Å²) in [5.41, 5.74) is 1.13. The topological polar surface area (TPSA) is 70.9 Å². The van der Waals surface area contributed by atoms with E-state index in [-0.39, 0.29) is 0 Å². The molecule has 0 heterocycles. The molecule has 0 spiro atoms. The molecule has 1 aromatic carbocycles. The smallest absolute Gasteiger partial charge is 0.153 e. The number of nitrogens with zero attached hydrogens (tertiary/aromatic N) is 3. The molecule has 0 saturated carbocycles. The van der Waals surface area contributed by atoms with Gasteiger partial charge in [0.05, 0.1) is 13.1 Å². The van der Waals surface area contributed by atoms with Crippen molar-refractivity contribution < 1.29 is 0 Å². The predicted octanol–water partition coefficient (Wildman–Crippen LogP) is 0.196. The number of hydrogen-bond donors (Lipinski definition) is 2. The van der Waals surface area contributed by atoms with Gasteiger partial charge in [0.2, 0.25) is 0 Å². The average Bonchev–Trinajstić information content (AvgIpc) is 2.26. The van der Waals surface area contributed by atoms with Gasteiger partial charge in [-0.2, -0.15) is 5.10 Å². The molecule has 16 heavy (non-hydrogen) atoms. The summed E-state index contributed by atoms with van der Waals surface area (Å²) >= 11 is 0. The summed E-state index contributed by atoms with van der Waals surface area (Å²) in [6, 6.07) is 9.97. The van der Waals surface area contributed by atoms with Gasteiger partial charge in [0, 0.05) is 0 Å². The lowest BCUT2D eigenvalue weighted by Crippen LogP contribution is -2.42. The lowest BCUT2D eigenvalue weighted by Gasteiger charge is -2.22. The Morgan fingerprint density at radius 1 is 1.25 bits per heavy atom. The predicted molar refractivity (Wildman–Crippen MR) is 66.3 cm³/mol. The van der Waals surface area contributed by atoms with Crippen LogP contribution in [0, 0.1) is 0 Å². The summed E-state index contributed by atoms with van der Waals surface area (Å²) in [6.45, 7) is 1.23. The van der Waals surface area contributed by atoms with Crippen molar-refractivity contribution in [3.05, 3.63) is 35.9 Å². The molecule has 4 N–H and O–H groups in total. The van der Waals surface area contributed by atoms with E-state index in [1.165, 1.54) is 0 Å². The van der Waals surface area contributed by atoms with Crippen LogP contribution in [0.5, 0.6) is 0 Å². The van der Waals surface area contributed by atoms with Crippen LogP contribution in [0.2, 0.25) is 0 Å². The molecule has 0 saturated heterocycles. The maximum atomic E-state index is 5.90. The van der Waals surface area contributed by atoms with Crippen LogP contribution in [0.4, 0.5) is 0 Å². The van der Waals surface area contributed by atoms with E-state index in [1.54, 1.807) is 5.01 Å². The summed E-state index contributed by atoms with van der Waals surface area (Å²) in [7, 11) is 3.89. The Kier molecular flexibility index (Phi) is 4.75. The zero-order valence-corrected chi connectivity index (χ0v) is 9.80. The molecule has 0 aliphatic carbocycles. The molecule has 0 amide bonds. The average molecular weight is 221 g/mol. The highest BCUT2D eigenvalue weighted by Gasteiger charge is 2.08. The van der Waals surface area contributed by atoms with Gasteiger partial charge in [-0.25, -0.2) is 5.84 Å². The fraction of sp³-hybridized carbons (Fsp3) is 0.364. The number of hydrazine groups is 1. The van der Waals surface area contributed by atoms with Crippen LogP contribution in [-0.4, -0.2) is 36.4 Å². The fourth-order valence-corrected chi connectivity index (χ4v) is 1.36. The van der Waals surface area contributed by atoms with Gasteiger partial charge in [-0.15, -0.1) is 0 Å². The number of hydrogen-bond acceptors (Lipinski definition) is 4. The molecular weight excluding hydrogens is 202 g/mol. The number of nitrogens with two attached hydrogens (primary N) is 2. The van der Waals surface area contributed by atoms with Crippen LogP contribution >= 0.6 is 0 Å². The second-order valence-electron chi connectivity index (χ2n) is 3.90. The molecule has 0 aliphatic heterocycles. The van der Waals surface area contributed by atoms with Crippen LogP contribution in [0.15, 0.2) is 35.4 Å². The highest BCUT2D eigenvalue weighted by molar-refractivity contribution is 5.83. The van der Waals surface area contributed by atoms with Crippen LogP contribution in [0.3, 0.4) is 0 Å². The molecule has 0 radical (unpaired) electrons. The third kappa shape index (κ3) is 3.88. The van der Waals surface area contributed by atoms with E-state index in [9.17, 15) is 0 Å². The van der Waals surface area contributed by atoms with Crippen LogP contribution in [-0.2, 0) is 6.54 Å². The van der Waals surface area contributed by atoms with Gasteiger partial charge in [0.1, 0.15) is 0 Å². The summed E-state index contributed by atoms with van der Waals surface area (Å²) in [4.78, 5) is 1.97. The first kappa shape index (κ1) is 12.5. The van der Waals surface area contributed by atoms with Crippen molar-refractivity contribution in [1.82, 2.24) is 9.91 Å². The Morgan fingerprint density at radius 3 is 2.38 bits per heavy atom. The van der Waals surface area contributed by atoms with E-state index in [1.807, 2.05) is 49.3 Å². The van der Waals surface area contributed by atoms with Gasteiger partial charge in [-0.1, -0.05) is 30.3 Å². The van der Waals surface area contributed by atoms with Crippen molar-refractivity contribution in [2.75, 3.05) is 20.6 Å². The van der Waals surface area contributed by atoms with Crippen molar-refractivity contribution in [3.63, 3.8) is 0 Å². The summed E-state index contributed by atoms with van der Waals surface area (Å²) in [6.07, 6.45) is 0. The SMILES string of the molecule is CN(C)C/C(=N/N)N(N)Cc1ccccc1. The van der Waals surface area contributed by atoms with Crippen LogP contribution in [0.25, 0.3) is 0 Å². The maximum absolute atomic E-state index is 5.90. The molecule has 0 aliphatic rings. The van der Waals surface area contributed by atoms with Crippen molar-refractivity contribution in [1.29, 1.82) is 0 Å². The number of benzene rings is 1. The molecule has 5 nitrogen and oxygen atoms in total. The van der Waals surface area contributed by atoms with Crippen LogP contribution in [0.1, 0.15) is 5.56 Å². The van der Waals surface area contributed by atoms with Crippen molar-refractivity contribution in [2.45, 2.75) is 6.54 Å². The van der Waals surface area contributed by atoms with Gasteiger partial charge in [-0.3, -0.25) is 5.01 Å². The first-order valence-electron chi connectivity index (χ1n) is 5.11. The molecular formula is C11H19N5. The second kappa shape index (κ2) is 6.09. The van der Waals surface area contributed by atoms with E-state index < -0.39 is 0 Å². The highest BCUT2D eigenvalue weighted by atomic mass is 15.5. The fourth-order valence-electron chi connectivity index (χ4n) is 1.36. The molecule has 0 atom stereocenters. The van der Waals surface area contributed by atoms with E-state index in [0.29, 0.717) is 18.9 Å². The maximum Gasteiger partial charge on any atom is 0.153 e. The standard InChI is InChI=1S/C11H19N5/c1-15(2)9-11(14-12)16(13)8-10-6-4-3-5-7-10/h3-7H,8-9,12-13H2,1-2H3/b14-11-. The molecule has 0 fully saturated rings. The first-order valence-corrected chi connectivity index (χ1v) is 5.11. The molecule has 1 aromatic rings. The largest absolute Gasteiger partial charge is 0.321 e. The quantitative estimate of drug-likeness (QED) is 0.330. The Labute approximate surface area is 96.3 Å². The van der Waals surface area contributed by atoms with E-state index in [4.69, 9.17) is 11.7 Å². The van der Waals surface area contributed by atoms with Gasteiger partial charge in [0.25, 0.3) is 0 Å². The minimum atomic E-state index is 0.602. The summed E-state index contributed by atoms with van der Waals surface area (Å²) in [5, 5.41) is 5.27. The zero-order valence-electron chi connectivity index (χ0n) is 9.80. The lowest BCUT2D eigenvalue weighted by atomic mass is 10.2. The third-order valence-electron chi connectivity index (χ3n) is 2.13. The molecule has 0 aromatic heterocycles. The van der Waals surface area contributed by atoms with Gasteiger partial charge in [0.15, 0.2) is 5.84 Å². The first-order chi connectivity index (χ1) is 7.63. The minimum Gasteiger partial charge on any atom is -0.321 e. The molecule has 88 valence electrons. The Hall–Kier alpha value is -1.59.